The van der Waals surface area contributed by atoms with Gasteiger partial charge in [0.05, 0.1) is 21.6 Å². The SMILES string of the molecule is CCOc1ccc(S(=O)(=O)N2CCC(S(=O)(=O)c3ccccc3)C2)cc1. The molecule has 8 heteroatoms. The first-order valence-electron chi connectivity index (χ1n) is 8.37. The van der Waals surface area contributed by atoms with Crippen molar-refractivity contribution in [2.24, 2.45) is 0 Å². The van der Waals surface area contributed by atoms with Gasteiger partial charge in [-0.1, -0.05) is 18.2 Å². The van der Waals surface area contributed by atoms with Crippen LogP contribution in [0.25, 0.3) is 0 Å². The molecule has 0 aromatic heterocycles. The molecule has 1 atom stereocenters. The van der Waals surface area contributed by atoms with Crippen LogP contribution in [0.15, 0.2) is 64.4 Å². The molecule has 26 heavy (non-hydrogen) atoms. The van der Waals surface area contributed by atoms with Crippen molar-refractivity contribution >= 4 is 19.9 Å². The van der Waals surface area contributed by atoms with Crippen LogP contribution in [-0.4, -0.2) is 46.1 Å². The lowest BCUT2D eigenvalue weighted by Crippen LogP contribution is -2.32. The maximum Gasteiger partial charge on any atom is 0.243 e. The van der Waals surface area contributed by atoms with Crippen LogP contribution in [-0.2, 0) is 19.9 Å². The minimum absolute atomic E-state index is 0.0349. The second kappa shape index (κ2) is 7.38. The number of sulfone groups is 1. The molecule has 2 aromatic carbocycles. The molecular weight excluding hydrogens is 374 g/mol. The second-order valence-corrected chi connectivity index (χ2v) is 10.2. The summed E-state index contributed by atoms with van der Waals surface area (Å²) in [6.07, 6.45) is 0.285. The molecule has 0 spiro atoms. The highest BCUT2D eigenvalue weighted by molar-refractivity contribution is 7.92. The number of rotatable bonds is 6. The Labute approximate surface area is 154 Å². The molecule has 1 unspecified atom stereocenters. The van der Waals surface area contributed by atoms with Gasteiger partial charge in [-0.2, -0.15) is 4.31 Å². The fraction of sp³-hybridized carbons (Fsp3) is 0.333. The quantitative estimate of drug-likeness (QED) is 0.750. The highest BCUT2D eigenvalue weighted by Gasteiger charge is 2.39. The molecule has 1 aliphatic rings. The van der Waals surface area contributed by atoms with E-state index >= 15 is 0 Å². The van der Waals surface area contributed by atoms with Crippen molar-refractivity contribution in [1.29, 1.82) is 0 Å². The van der Waals surface area contributed by atoms with Gasteiger partial charge in [0.2, 0.25) is 10.0 Å². The third-order valence-corrected chi connectivity index (χ3v) is 8.46. The third kappa shape index (κ3) is 3.62. The summed E-state index contributed by atoms with van der Waals surface area (Å²) in [7, 11) is -7.29. The number of hydrogen-bond donors (Lipinski definition) is 0. The first-order chi connectivity index (χ1) is 12.4. The monoisotopic (exact) mass is 395 g/mol. The van der Waals surface area contributed by atoms with Crippen molar-refractivity contribution in [3.8, 4) is 5.75 Å². The van der Waals surface area contributed by atoms with Crippen LogP contribution < -0.4 is 4.74 Å². The molecule has 0 amide bonds. The van der Waals surface area contributed by atoms with Gasteiger partial charge in [0.15, 0.2) is 9.84 Å². The van der Waals surface area contributed by atoms with Crippen LogP contribution in [0.2, 0.25) is 0 Å². The van der Waals surface area contributed by atoms with Gasteiger partial charge < -0.3 is 4.74 Å². The van der Waals surface area contributed by atoms with Gasteiger partial charge in [-0.3, -0.25) is 0 Å². The summed E-state index contributed by atoms with van der Waals surface area (Å²) in [5.41, 5.74) is 0. The van der Waals surface area contributed by atoms with E-state index in [1.807, 2.05) is 6.92 Å². The van der Waals surface area contributed by atoms with Crippen molar-refractivity contribution < 1.29 is 21.6 Å². The first kappa shape index (κ1) is 18.9. The average molecular weight is 396 g/mol. The molecule has 6 nitrogen and oxygen atoms in total. The van der Waals surface area contributed by atoms with Crippen LogP contribution in [0, 0.1) is 0 Å². The Kier molecular flexibility index (Phi) is 5.36. The van der Waals surface area contributed by atoms with Crippen LogP contribution in [0.4, 0.5) is 0 Å². The Morgan fingerprint density at radius 1 is 0.962 bits per heavy atom. The van der Waals surface area contributed by atoms with Gasteiger partial charge in [0.1, 0.15) is 5.75 Å². The molecule has 0 bridgehead atoms. The smallest absolute Gasteiger partial charge is 0.243 e. The normalized spacial score (nSPS) is 18.7. The van der Waals surface area contributed by atoms with Crippen molar-refractivity contribution in [3.63, 3.8) is 0 Å². The standard InChI is InChI=1S/C18H21NO5S2/c1-2-24-15-8-10-17(11-9-15)26(22,23)19-13-12-18(14-19)25(20,21)16-6-4-3-5-7-16/h3-11,18H,2,12-14H2,1H3. The molecular formula is C18H21NO5S2. The molecule has 1 saturated heterocycles. The summed E-state index contributed by atoms with van der Waals surface area (Å²) in [6.45, 7) is 2.50. The van der Waals surface area contributed by atoms with Gasteiger partial charge >= 0.3 is 0 Å². The predicted octanol–water partition coefficient (Wildman–Crippen LogP) is 2.32. The third-order valence-electron chi connectivity index (χ3n) is 4.39. The Hall–Kier alpha value is -1.90. The zero-order chi connectivity index (χ0) is 18.8. The van der Waals surface area contributed by atoms with E-state index in [1.165, 1.54) is 16.4 Å². The topological polar surface area (TPSA) is 80.8 Å². The highest BCUT2D eigenvalue weighted by atomic mass is 32.2. The van der Waals surface area contributed by atoms with Gasteiger partial charge in [-0.25, -0.2) is 16.8 Å². The van der Waals surface area contributed by atoms with E-state index in [9.17, 15) is 16.8 Å². The van der Waals surface area contributed by atoms with Crippen LogP contribution >= 0.6 is 0 Å². The molecule has 0 saturated carbocycles. The summed E-state index contributed by atoms with van der Waals surface area (Å²) < 4.78 is 57.6. The average Bonchev–Trinajstić information content (AvgIpc) is 3.15. The van der Waals surface area contributed by atoms with Gasteiger partial charge in [0.25, 0.3) is 0 Å². The Morgan fingerprint density at radius 2 is 1.62 bits per heavy atom. The maximum absolute atomic E-state index is 12.8. The van der Waals surface area contributed by atoms with Crippen LogP contribution in [0.1, 0.15) is 13.3 Å². The number of hydrogen-bond acceptors (Lipinski definition) is 5. The van der Waals surface area contributed by atoms with E-state index in [4.69, 9.17) is 4.74 Å². The Bertz CT molecular complexity index is 954. The molecule has 2 aromatic rings. The van der Waals surface area contributed by atoms with Crippen molar-refractivity contribution in [2.75, 3.05) is 19.7 Å². The van der Waals surface area contributed by atoms with E-state index in [1.54, 1.807) is 42.5 Å². The van der Waals surface area contributed by atoms with Crippen LogP contribution in [0.3, 0.4) is 0 Å². The molecule has 140 valence electrons. The summed E-state index contributed by atoms with van der Waals surface area (Å²) in [4.78, 5) is 0.365. The molecule has 0 radical (unpaired) electrons. The lowest BCUT2D eigenvalue weighted by Gasteiger charge is -2.17. The van der Waals surface area contributed by atoms with Gasteiger partial charge in [-0.15, -0.1) is 0 Å². The number of nitrogens with zero attached hydrogens (tertiary/aromatic N) is 1. The summed E-state index contributed by atoms with van der Waals surface area (Å²) >= 11 is 0. The van der Waals surface area contributed by atoms with Crippen LogP contribution in [0.5, 0.6) is 5.75 Å². The first-order valence-corrected chi connectivity index (χ1v) is 11.4. The lowest BCUT2D eigenvalue weighted by atomic mass is 10.3. The maximum atomic E-state index is 12.8. The van der Waals surface area contributed by atoms with E-state index in [0.29, 0.717) is 12.4 Å². The van der Waals surface area contributed by atoms with E-state index in [-0.39, 0.29) is 29.3 Å². The van der Waals surface area contributed by atoms with E-state index in [0.717, 1.165) is 0 Å². The Morgan fingerprint density at radius 3 is 2.23 bits per heavy atom. The van der Waals surface area contributed by atoms with E-state index < -0.39 is 25.1 Å². The number of sulfonamides is 1. The minimum Gasteiger partial charge on any atom is -0.494 e. The number of benzene rings is 2. The van der Waals surface area contributed by atoms with Crippen molar-refractivity contribution in [2.45, 2.75) is 28.4 Å². The predicted molar refractivity (Wildman–Crippen MR) is 98.4 cm³/mol. The molecule has 0 N–H and O–H groups in total. The van der Waals surface area contributed by atoms with E-state index in [2.05, 4.69) is 0 Å². The second-order valence-electron chi connectivity index (χ2n) is 6.04. The highest BCUT2D eigenvalue weighted by Crippen LogP contribution is 2.28. The molecule has 0 aliphatic carbocycles. The Balaban J connectivity index is 1.79. The summed E-state index contributed by atoms with van der Waals surface area (Å²) in [5, 5.41) is -0.734. The van der Waals surface area contributed by atoms with Gasteiger partial charge in [-0.05, 0) is 49.7 Å². The zero-order valence-corrected chi connectivity index (χ0v) is 16.0. The molecule has 1 aliphatic heterocycles. The van der Waals surface area contributed by atoms with Crippen molar-refractivity contribution in [1.82, 2.24) is 4.31 Å². The fourth-order valence-corrected chi connectivity index (χ4v) is 6.30. The molecule has 1 heterocycles. The minimum atomic E-state index is -3.73. The largest absolute Gasteiger partial charge is 0.494 e. The summed E-state index contributed by atoms with van der Waals surface area (Å²) in [5.74, 6) is 0.595. The van der Waals surface area contributed by atoms with Gasteiger partial charge in [0, 0.05) is 13.1 Å². The molecule has 3 rings (SSSR count). The molecule has 1 fully saturated rings. The summed E-state index contributed by atoms with van der Waals surface area (Å²) in [6, 6.07) is 14.3. The fourth-order valence-electron chi connectivity index (χ4n) is 3.00. The number of ether oxygens (including phenoxy) is 1. The zero-order valence-electron chi connectivity index (χ0n) is 14.4. The lowest BCUT2D eigenvalue weighted by molar-refractivity contribution is 0.340. The van der Waals surface area contributed by atoms with Crippen molar-refractivity contribution in [3.05, 3.63) is 54.6 Å².